The number of ether oxygens (including phenoxy) is 1. The first-order valence-corrected chi connectivity index (χ1v) is 10.2. The van der Waals surface area contributed by atoms with E-state index >= 15 is 0 Å². The fraction of sp³-hybridized carbons (Fsp3) is 0.500. The zero-order chi connectivity index (χ0) is 16.9. The van der Waals surface area contributed by atoms with Crippen molar-refractivity contribution in [1.82, 2.24) is 5.48 Å². The van der Waals surface area contributed by atoms with Gasteiger partial charge >= 0.3 is 5.97 Å². The number of hydroxylamine groups is 1. The second kappa shape index (κ2) is 7.75. The molecular weight excluding hydrogens is 315 g/mol. The molecule has 4 nitrogen and oxygen atoms in total. The number of hydrogen-bond acceptors (Lipinski definition) is 4. The van der Waals surface area contributed by atoms with Crippen molar-refractivity contribution < 1.29 is 27.2 Å². The van der Waals surface area contributed by atoms with E-state index < -0.39 is 37.8 Å². The number of carbonyl (C=O) groups excluding carboxylic acids is 1. The van der Waals surface area contributed by atoms with E-state index in [4.69, 9.17) is 4.53 Å². The summed E-state index contributed by atoms with van der Waals surface area (Å²) in [5, 5.41) is 0. The van der Waals surface area contributed by atoms with E-state index in [0.29, 0.717) is 6.07 Å². The molecule has 8 heteroatoms. The van der Waals surface area contributed by atoms with Crippen LogP contribution in [0.3, 0.4) is 0 Å². The molecule has 1 aromatic rings. The Morgan fingerprint density at radius 3 is 2.32 bits per heavy atom. The first-order valence-electron chi connectivity index (χ1n) is 6.76. The van der Waals surface area contributed by atoms with Crippen LogP contribution in [0.5, 0.6) is 0 Å². The van der Waals surface area contributed by atoms with Gasteiger partial charge < -0.3 is 9.26 Å². The summed E-state index contributed by atoms with van der Waals surface area (Å²) in [5.41, 5.74) is 2.67. The van der Waals surface area contributed by atoms with Gasteiger partial charge in [0.2, 0.25) is 8.32 Å². The Kier molecular flexibility index (Phi) is 6.58. The van der Waals surface area contributed by atoms with Crippen molar-refractivity contribution in [2.75, 3.05) is 7.11 Å². The zero-order valence-electron chi connectivity index (χ0n) is 13.0. The van der Waals surface area contributed by atoms with Crippen LogP contribution in [0.15, 0.2) is 12.1 Å². The van der Waals surface area contributed by atoms with Crippen molar-refractivity contribution in [3.05, 3.63) is 35.1 Å². The molecule has 124 valence electrons. The van der Waals surface area contributed by atoms with Crippen molar-refractivity contribution in [2.45, 2.75) is 38.5 Å². The number of hydrogen-bond donors (Lipinski definition) is 1. The predicted molar refractivity (Wildman–Crippen MR) is 78.0 cm³/mol. The number of methoxy groups -OCH3 is 1. The van der Waals surface area contributed by atoms with Crippen LogP contribution in [-0.2, 0) is 20.5 Å². The maximum atomic E-state index is 13.7. The van der Waals surface area contributed by atoms with Crippen LogP contribution in [0.2, 0.25) is 19.6 Å². The van der Waals surface area contributed by atoms with Crippen LogP contribution in [0.1, 0.15) is 12.0 Å². The molecule has 0 saturated carbocycles. The van der Waals surface area contributed by atoms with Crippen molar-refractivity contribution in [3.63, 3.8) is 0 Å². The molecule has 1 atom stereocenters. The summed E-state index contributed by atoms with van der Waals surface area (Å²) in [7, 11) is -0.690. The lowest BCUT2D eigenvalue weighted by molar-refractivity contribution is -0.141. The molecule has 0 fully saturated rings. The van der Waals surface area contributed by atoms with Gasteiger partial charge in [0.15, 0.2) is 11.6 Å². The van der Waals surface area contributed by atoms with Crippen molar-refractivity contribution in [1.29, 1.82) is 0 Å². The van der Waals surface area contributed by atoms with Crippen LogP contribution in [0.4, 0.5) is 13.2 Å². The molecule has 0 unspecified atom stereocenters. The molecule has 1 aromatic carbocycles. The van der Waals surface area contributed by atoms with Gasteiger partial charge in [-0.15, -0.1) is 0 Å². The highest BCUT2D eigenvalue weighted by Crippen LogP contribution is 2.17. The van der Waals surface area contributed by atoms with Crippen molar-refractivity contribution in [2.24, 2.45) is 0 Å². The molecular formula is C14H20F3NO3Si. The quantitative estimate of drug-likeness (QED) is 0.360. The third-order valence-corrected chi connectivity index (χ3v) is 3.46. The summed E-state index contributed by atoms with van der Waals surface area (Å²) in [6.45, 7) is 5.77. The van der Waals surface area contributed by atoms with Gasteiger partial charge in [0, 0.05) is 12.1 Å². The van der Waals surface area contributed by atoms with Crippen LogP contribution in [-0.4, -0.2) is 27.4 Å². The topological polar surface area (TPSA) is 47.6 Å². The van der Waals surface area contributed by atoms with E-state index in [0.717, 1.165) is 6.07 Å². The number of rotatable bonds is 7. The Morgan fingerprint density at radius 1 is 1.18 bits per heavy atom. The van der Waals surface area contributed by atoms with E-state index in [9.17, 15) is 18.0 Å². The minimum atomic E-state index is -1.92. The van der Waals surface area contributed by atoms with Crippen molar-refractivity contribution >= 4 is 14.3 Å². The van der Waals surface area contributed by atoms with Crippen molar-refractivity contribution in [3.8, 4) is 0 Å². The lowest BCUT2D eigenvalue weighted by Gasteiger charge is -2.24. The van der Waals surface area contributed by atoms with Gasteiger partial charge in [-0.25, -0.2) is 18.7 Å². The highest BCUT2D eigenvalue weighted by Gasteiger charge is 2.22. The Morgan fingerprint density at radius 2 is 1.77 bits per heavy atom. The second-order valence-corrected chi connectivity index (χ2v) is 10.3. The summed E-state index contributed by atoms with van der Waals surface area (Å²) in [6.07, 6.45) is -0.123. The summed E-state index contributed by atoms with van der Waals surface area (Å²) in [5.74, 6) is -3.78. The summed E-state index contributed by atoms with van der Waals surface area (Å²) < 4.78 is 49.9. The van der Waals surface area contributed by atoms with Crippen LogP contribution >= 0.6 is 0 Å². The minimum absolute atomic E-state index is 0.0391. The molecule has 0 bridgehead atoms. The number of carbonyl (C=O) groups is 1. The molecule has 22 heavy (non-hydrogen) atoms. The summed E-state index contributed by atoms with van der Waals surface area (Å²) >= 11 is 0. The molecule has 0 aromatic heterocycles. The van der Waals surface area contributed by atoms with Crippen LogP contribution in [0, 0.1) is 17.5 Å². The zero-order valence-corrected chi connectivity index (χ0v) is 14.0. The van der Waals surface area contributed by atoms with E-state index in [1.54, 1.807) is 0 Å². The molecule has 0 heterocycles. The number of benzene rings is 1. The third-order valence-electron chi connectivity index (χ3n) is 2.73. The molecule has 0 aliphatic rings. The molecule has 0 saturated heterocycles. The van der Waals surface area contributed by atoms with Gasteiger partial charge in [0.05, 0.1) is 13.5 Å². The molecule has 0 aliphatic heterocycles. The Balaban J connectivity index is 2.87. The summed E-state index contributed by atoms with van der Waals surface area (Å²) in [4.78, 5) is 11.4. The van der Waals surface area contributed by atoms with Gasteiger partial charge in [-0.05, 0) is 37.7 Å². The largest absolute Gasteiger partial charge is 0.469 e. The summed E-state index contributed by atoms with van der Waals surface area (Å²) in [6, 6.07) is 0.656. The van der Waals surface area contributed by atoms with Crippen LogP contribution < -0.4 is 5.48 Å². The predicted octanol–water partition coefficient (Wildman–Crippen LogP) is 2.93. The fourth-order valence-corrected chi connectivity index (χ4v) is 2.21. The van der Waals surface area contributed by atoms with Gasteiger partial charge in [-0.2, -0.15) is 0 Å². The van der Waals surface area contributed by atoms with Gasteiger partial charge in [0.1, 0.15) is 5.82 Å². The molecule has 0 aliphatic carbocycles. The maximum absolute atomic E-state index is 13.7. The second-order valence-electron chi connectivity index (χ2n) is 5.87. The SMILES string of the molecule is COC(=O)C[C@H](Cc1cc(F)c(F)cc1F)NO[Si](C)(C)C. The molecule has 1 rings (SSSR count). The maximum Gasteiger partial charge on any atom is 0.307 e. The molecule has 0 amide bonds. The average molecular weight is 335 g/mol. The van der Waals surface area contributed by atoms with Crippen LogP contribution in [0.25, 0.3) is 0 Å². The Bertz CT molecular complexity index is 535. The Labute approximate surface area is 128 Å². The molecule has 1 N–H and O–H groups in total. The van der Waals surface area contributed by atoms with E-state index in [1.807, 2.05) is 19.6 Å². The minimum Gasteiger partial charge on any atom is -0.469 e. The standard InChI is InChI=1S/C14H20F3NO3Si/c1-20-14(19)7-10(18-21-22(2,3)4)5-9-6-12(16)13(17)8-11(9)15/h6,8,10,18H,5,7H2,1-4H3/t10-/m0/s1. The number of esters is 1. The highest BCUT2D eigenvalue weighted by molar-refractivity contribution is 6.69. The first-order chi connectivity index (χ1) is 10.1. The smallest absolute Gasteiger partial charge is 0.307 e. The van der Waals surface area contributed by atoms with Gasteiger partial charge in [-0.1, -0.05) is 0 Å². The molecule has 0 spiro atoms. The number of halogens is 3. The van der Waals surface area contributed by atoms with Gasteiger partial charge in [-0.3, -0.25) is 4.79 Å². The van der Waals surface area contributed by atoms with Gasteiger partial charge in [0.25, 0.3) is 0 Å². The fourth-order valence-electron chi connectivity index (χ4n) is 1.69. The van der Waals surface area contributed by atoms with E-state index in [-0.39, 0.29) is 18.4 Å². The van der Waals surface area contributed by atoms with E-state index in [1.165, 1.54) is 7.11 Å². The van der Waals surface area contributed by atoms with E-state index in [2.05, 4.69) is 10.2 Å². The lowest BCUT2D eigenvalue weighted by atomic mass is 10.0. The third kappa shape index (κ3) is 6.16. The number of nitrogens with one attached hydrogen (secondary N) is 1. The highest BCUT2D eigenvalue weighted by atomic mass is 28.4. The first kappa shape index (κ1) is 18.7. The monoisotopic (exact) mass is 335 g/mol. The molecule has 0 radical (unpaired) electrons. The lowest BCUT2D eigenvalue weighted by Crippen LogP contribution is -2.41. The Hall–Kier alpha value is -1.38. The normalized spacial score (nSPS) is 13.0. The average Bonchev–Trinajstić information content (AvgIpc) is 2.41.